The molecule has 0 radical (unpaired) electrons. The number of nitrogens with one attached hydrogen (secondary N) is 1. The van der Waals surface area contributed by atoms with Crippen LogP contribution in [-0.2, 0) is 22.6 Å². The summed E-state index contributed by atoms with van der Waals surface area (Å²) in [6, 6.07) is 3.42. The lowest BCUT2D eigenvalue weighted by Gasteiger charge is -2.26. The fourth-order valence-electron chi connectivity index (χ4n) is 2.20. The van der Waals surface area contributed by atoms with Crippen LogP contribution in [0.2, 0.25) is 0 Å². The van der Waals surface area contributed by atoms with Gasteiger partial charge in [0, 0.05) is 36.8 Å². The molecule has 1 aliphatic rings. The Kier molecular flexibility index (Phi) is 6.14. The summed E-state index contributed by atoms with van der Waals surface area (Å²) in [7, 11) is 0. The fourth-order valence-corrected chi connectivity index (χ4v) is 2.49. The molecule has 1 heterocycles. The van der Waals surface area contributed by atoms with Gasteiger partial charge >= 0.3 is 0 Å². The summed E-state index contributed by atoms with van der Waals surface area (Å²) in [6.45, 7) is 1.87. The average molecular weight is 346 g/mol. The van der Waals surface area contributed by atoms with Crippen LogP contribution >= 0.6 is 0 Å². The Hall–Kier alpha value is -1.45. The van der Waals surface area contributed by atoms with E-state index in [1.54, 1.807) is 19.1 Å². The highest BCUT2D eigenvalue weighted by Crippen LogP contribution is 2.34. The largest absolute Gasteiger partial charge is 0.760 e. The zero-order valence-electron chi connectivity index (χ0n) is 12.6. The predicted octanol–water partition coefficient (Wildman–Crippen LogP) is 2.28. The fraction of sp³-hybridized carbons (Fsp3) is 0.571. The maximum Gasteiger partial charge on any atom is 0.248 e. The number of oxime groups is 1. The van der Waals surface area contributed by atoms with Gasteiger partial charge in [-0.3, -0.25) is 9.19 Å². The molecule has 6 nitrogen and oxygen atoms in total. The Balaban J connectivity index is 1.87. The first-order valence-corrected chi connectivity index (χ1v) is 8.29. The first-order chi connectivity index (χ1) is 10.9. The van der Waals surface area contributed by atoms with Gasteiger partial charge in [-0.15, -0.1) is 0 Å². The molecule has 1 saturated carbocycles. The molecule has 1 aliphatic carbocycles. The Labute approximate surface area is 135 Å². The van der Waals surface area contributed by atoms with Crippen LogP contribution in [0.3, 0.4) is 0 Å². The standard InChI is InChI=1S/C14H19F2N3O3S/c1-10(19-22-12-4-6-14(15,16)7-5-12)13-3-2-11(8-17-13)9-18-23(20)21/h2-3,8,12,18H,4-7,9H2,1H3,(H,20,21)/p-1/b19-10+. The van der Waals surface area contributed by atoms with Gasteiger partial charge in [0.05, 0.1) is 5.69 Å². The molecule has 0 amide bonds. The van der Waals surface area contributed by atoms with Crippen molar-refractivity contribution in [2.24, 2.45) is 5.16 Å². The normalized spacial score (nSPS) is 20.3. The van der Waals surface area contributed by atoms with Crippen LogP contribution in [0.25, 0.3) is 0 Å². The Bertz CT molecular complexity index is 571. The molecule has 1 aromatic rings. The van der Waals surface area contributed by atoms with E-state index in [1.807, 2.05) is 0 Å². The molecule has 0 saturated heterocycles. The van der Waals surface area contributed by atoms with E-state index >= 15 is 0 Å². The molecule has 9 heteroatoms. The predicted molar refractivity (Wildman–Crippen MR) is 80.5 cm³/mol. The third-order valence-electron chi connectivity index (χ3n) is 3.59. The van der Waals surface area contributed by atoms with Crippen molar-refractivity contribution in [1.82, 2.24) is 9.71 Å². The van der Waals surface area contributed by atoms with Crippen molar-refractivity contribution in [2.45, 2.75) is 51.2 Å². The maximum absolute atomic E-state index is 13.0. The lowest BCUT2D eigenvalue weighted by molar-refractivity contribution is -0.0797. The van der Waals surface area contributed by atoms with E-state index in [1.165, 1.54) is 6.20 Å². The van der Waals surface area contributed by atoms with Crippen molar-refractivity contribution in [3.8, 4) is 0 Å². The van der Waals surface area contributed by atoms with Crippen molar-refractivity contribution < 1.29 is 22.4 Å². The molecule has 2 rings (SSSR count). The van der Waals surface area contributed by atoms with Gasteiger partial charge in [-0.05, 0) is 31.4 Å². The first kappa shape index (κ1) is 17.9. The SMILES string of the molecule is C/C(=N\OC1CCC(F)(F)CC1)c1ccc(CNS(=O)[O-])cn1. The number of hydrogen-bond donors (Lipinski definition) is 1. The molecule has 23 heavy (non-hydrogen) atoms. The van der Waals surface area contributed by atoms with Crippen molar-refractivity contribution in [1.29, 1.82) is 0 Å². The van der Waals surface area contributed by atoms with Crippen LogP contribution in [-0.4, -0.2) is 31.5 Å². The molecule has 1 aromatic heterocycles. The third-order valence-corrected chi connectivity index (χ3v) is 3.97. The summed E-state index contributed by atoms with van der Waals surface area (Å²) < 4.78 is 49.2. The Morgan fingerprint density at radius 2 is 2.22 bits per heavy atom. The minimum Gasteiger partial charge on any atom is -0.760 e. The number of pyridine rings is 1. The smallest absolute Gasteiger partial charge is 0.248 e. The van der Waals surface area contributed by atoms with Gasteiger partial charge in [0.15, 0.2) is 0 Å². The number of aromatic nitrogens is 1. The van der Waals surface area contributed by atoms with E-state index in [0.29, 0.717) is 17.0 Å². The van der Waals surface area contributed by atoms with Gasteiger partial charge in [-0.25, -0.2) is 13.5 Å². The average Bonchev–Trinajstić information content (AvgIpc) is 2.52. The number of halogens is 2. The second kappa shape index (κ2) is 7.89. The van der Waals surface area contributed by atoms with Gasteiger partial charge in [-0.2, -0.15) is 0 Å². The van der Waals surface area contributed by atoms with Crippen molar-refractivity contribution in [3.63, 3.8) is 0 Å². The quantitative estimate of drug-likeness (QED) is 0.486. The molecule has 0 spiro atoms. The van der Waals surface area contributed by atoms with E-state index in [2.05, 4.69) is 14.9 Å². The van der Waals surface area contributed by atoms with Crippen LogP contribution in [0.4, 0.5) is 8.78 Å². The summed E-state index contributed by atoms with van der Waals surface area (Å²) in [5.74, 6) is -2.59. The van der Waals surface area contributed by atoms with Gasteiger partial charge < -0.3 is 9.39 Å². The number of hydrogen-bond acceptors (Lipinski definition) is 5. The molecular weight excluding hydrogens is 328 g/mol. The lowest BCUT2D eigenvalue weighted by Crippen LogP contribution is -2.28. The van der Waals surface area contributed by atoms with Crippen LogP contribution < -0.4 is 4.72 Å². The zero-order chi connectivity index (χ0) is 16.9. The second-order valence-corrected chi connectivity index (χ2v) is 6.20. The van der Waals surface area contributed by atoms with Gasteiger partial charge in [0.25, 0.3) is 0 Å². The molecule has 128 valence electrons. The number of rotatable bonds is 6. The summed E-state index contributed by atoms with van der Waals surface area (Å²) >= 11 is -2.32. The van der Waals surface area contributed by atoms with Crippen LogP contribution in [0.1, 0.15) is 43.9 Å². The minimum atomic E-state index is -2.59. The highest BCUT2D eigenvalue weighted by Gasteiger charge is 2.35. The molecule has 1 atom stereocenters. The molecular formula is C14H18F2N3O3S-. The van der Waals surface area contributed by atoms with Crippen LogP contribution in [0.5, 0.6) is 0 Å². The van der Waals surface area contributed by atoms with Crippen LogP contribution in [0.15, 0.2) is 23.5 Å². The summed E-state index contributed by atoms with van der Waals surface area (Å²) in [5.41, 5.74) is 1.83. The van der Waals surface area contributed by atoms with Crippen LogP contribution in [0, 0.1) is 0 Å². The van der Waals surface area contributed by atoms with Crippen molar-refractivity contribution in [2.75, 3.05) is 0 Å². The minimum absolute atomic E-state index is 0.159. The van der Waals surface area contributed by atoms with Crippen molar-refractivity contribution >= 4 is 17.0 Å². The topological polar surface area (TPSA) is 86.6 Å². The summed E-state index contributed by atoms with van der Waals surface area (Å²) in [4.78, 5) is 9.49. The third kappa shape index (κ3) is 5.92. The van der Waals surface area contributed by atoms with Gasteiger partial charge in [0.2, 0.25) is 5.92 Å². The van der Waals surface area contributed by atoms with E-state index < -0.39 is 17.2 Å². The van der Waals surface area contributed by atoms with Crippen molar-refractivity contribution in [3.05, 3.63) is 29.6 Å². The molecule has 0 aromatic carbocycles. The van der Waals surface area contributed by atoms with E-state index in [4.69, 9.17) is 4.84 Å². The summed E-state index contributed by atoms with van der Waals surface area (Å²) in [5, 5.41) is 3.96. The number of alkyl halides is 2. The number of nitrogens with zero attached hydrogens (tertiary/aromatic N) is 2. The van der Waals surface area contributed by atoms with E-state index in [-0.39, 0.29) is 38.3 Å². The Morgan fingerprint density at radius 1 is 1.52 bits per heavy atom. The molecule has 0 bridgehead atoms. The molecule has 1 N–H and O–H groups in total. The van der Waals surface area contributed by atoms with E-state index in [0.717, 1.165) is 0 Å². The van der Waals surface area contributed by atoms with E-state index in [9.17, 15) is 17.5 Å². The summed E-state index contributed by atoms with van der Waals surface area (Å²) in [6.07, 6.45) is 1.47. The molecule has 0 aliphatic heterocycles. The monoisotopic (exact) mass is 346 g/mol. The van der Waals surface area contributed by atoms with Gasteiger partial charge in [-0.1, -0.05) is 11.2 Å². The molecule has 1 unspecified atom stereocenters. The molecule has 1 fully saturated rings. The highest BCUT2D eigenvalue weighted by atomic mass is 32.2. The van der Waals surface area contributed by atoms with Gasteiger partial charge in [0.1, 0.15) is 11.8 Å². The lowest BCUT2D eigenvalue weighted by atomic mass is 9.94. The maximum atomic E-state index is 13.0. The first-order valence-electron chi connectivity index (χ1n) is 7.22. The zero-order valence-corrected chi connectivity index (χ0v) is 13.4. The second-order valence-electron chi connectivity index (χ2n) is 5.44. The highest BCUT2D eigenvalue weighted by molar-refractivity contribution is 7.77. The Morgan fingerprint density at radius 3 is 2.78 bits per heavy atom.